The third-order valence-corrected chi connectivity index (χ3v) is 5.73. The molecule has 0 saturated carbocycles. The molecule has 0 unspecified atom stereocenters. The van der Waals surface area contributed by atoms with E-state index >= 15 is 0 Å². The highest BCUT2D eigenvalue weighted by Crippen LogP contribution is 2.49. The molecular formula is C22H27O5P. The summed E-state index contributed by atoms with van der Waals surface area (Å²) < 4.78 is 29.8. The number of carbonyl (C=O) groups is 1. The molecule has 0 amide bonds. The van der Waals surface area contributed by atoms with Crippen LogP contribution in [-0.2, 0) is 14.1 Å². The lowest BCUT2D eigenvalue weighted by atomic mass is 10.2. The summed E-state index contributed by atoms with van der Waals surface area (Å²) in [6.45, 7) is 5.54. The van der Waals surface area contributed by atoms with Crippen LogP contribution in [0, 0.1) is 0 Å². The summed E-state index contributed by atoms with van der Waals surface area (Å²) in [5, 5.41) is 0. The molecule has 0 saturated heterocycles. The van der Waals surface area contributed by atoms with Gasteiger partial charge in [0.2, 0.25) is 0 Å². The van der Waals surface area contributed by atoms with Gasteiger partial charge in [-0.15, -0.1) is 0 Å². The molecular weight excluding hydrogens is 375 g/mol. The van der Waals surface area contributed by atoms with Crippen LogP contribution in [0.3, 0.4) is 0 Å². The molecule has 6 heteroatoms. The Morgan fingerprint density at radius 3 is 1.86 bits per heavy atom. The van der Waals surface area contributed by atoms with E-state index in [0.717, 1.165) is 19.3 Å². The highest BCUT2D eigenvalue weighted by Gasteiger charge is 2.27. The minimum absolute atomic E-state index is 0.308. The van der Waals surface area contributed by atoms with Gasteiger partial charge in [0.05, 0.1) is 12.8 Å². The quantitative estimate of drug-likeness (QED) is 0.188. The van der Waals surface area contributed by atoms with Crippen LogP contribution in [0.15, 0.2) is 72.8 Å². The van der Waals surface area contributed by atoms with Gasteiger partial charge in [-0.2, -0.15) is 0 Å². The second-order valence-corrected chi connectivity index (χ2v) is 8.51. The molecule has 0 aliphatic carbocycles. The van der Waals surface area contributed by atoms with Gasteiger partial charge in [0.1, 0.15) is 11.5 Å². The van der Waals surface area contributed by atoms with E-state index in [9.17, 15) is 9.36 Å². The predicted octanol–water partition coefficient (Wildman–Crippen LogP) is 6.02. The number of para-hydroxylation sites is 2. The zero-order chi connectivity index (χ0) is 20.2. The van der Waals surface area contributed by atoms with Crippen molar-refractivity contribution in [2.45, 2.75) is 32.6 Å². The Morgan fingerprint density at radius 2 is 1.36 bits per heavy atom. The summed E-state index contributed by atoms with van der Waals surface area (Å²) in [6.07, 6.45) is 3.45. The van der Waals surface area contributed by atoms with Gasteiger partial charge in [-0.05, 0) is 44.0 Å². The molecule has 0 aromatic heterocycles. The average Bonchev–Trinajstić information content (AvgIpc) is 2.68. The minimum Gasteiger partial charge on any atom is -0.462 e. The summed E-state index contributed by atoms with van der Waals surface area (Å²) in [6, 6.07) is 18.1. The number of benzene rings is 2. The first-order valence-corrected chi connectivity index (χ1v) is 11.1. The zero-order valence-electron chi connectivity index (χ0n) is 16.2. The highest BCUT2D eigenvalue weighted by atomic mass is 31.2. The Bertz CT molecular complexity index is 744. The van der Waals surface area contributed by atoms with Gasteiger partial charge in [0.25, 0.3) is 0 Å². The van der Waals surface area contributed by atoms with Gasteiger partial charge in [-0.3, -0.25) is 0 Å². The first-order chi connectivity index (χ1) is 13.5. The van der Waals surface area contributed by atoms with E-state index in [0.29, 0.717) is 36.3 Å². The second-order valence-electron chi connectivity index (χ2n) is 6.47. The second kappa shape index (κ2) is 11.4. The van der Waals surface area contributed by atoms with Crippen LogP contribution in [-0.4, -0.2) is 18.7 Å². The summed E-state index contributed by atoms with van der Waals surface area (Å²) >= 11 is 0. The normalized spacial score (nSPS) is 10.9. The van der Waals surface area contributed by atoms with Crippen LogP contribution >= 0.6 is 7.60 Å². The fraction of sp³-hybridized carbons (Fsp3) is 0.318. The maximum atomic E-state index is 13.3. The lowest BCUT2D eigenvalue weighted by Gasteiger charge is -2.20. The van der Waals surface area contributed by atoms with Crippen LogP contribution in [0.25, 0.3) is 0 Å². The Kier molecular flexibility index (Phi) is 8.83. The van der Waals surface area contributed by atoms with E-state index in [4.69, 9.17) is 13.8 Å². The molecule has 0 N–H and O–H groups in total. The fourth-order valence-electron chi connectivity index (χ4n) is 2.44. The van der Waals surface area contributed by atoms with E-state index in [1.165, 1.54) is 0 Å². The monoisotopic (exact) mass is 402 g/mol. The summed E-state index contributed by atoms with van der Waals surface area (Å²) in [4.78, 5) is 11.3. The highest BCUT2D eigenvalue weighted by molar-refractivity contribution is 7.54. The van der Waals surface area contributed by atoms with Crippen LogP contribution in [0.2, 0.25) is 0 Å². The molecule has 0 radical (unpaired) electrons. The van der Waals surface area contributed by atoms with Crippen molar-refractivity contribution in [3.8, 4) is 11.5 Å². The van der Waals surface area contributed by atoms with Gasteiger partial charge in [0.15, 0.2) is 0 Å². The number of esters is 1. The van der Waals surface area contributed by atoms with Gasteiger partial charge in [-0.1, -0.05) is 55.8 Å². The number of unbranched alkanes of at least 4 members (excludes halogenated alkanes) is 3. The number of hydrogen-bond acceptors (Lipinski definition) is 5. The van der Waals surface area contributed by atoms with E-state index in [-0.39, 0.29) is 5.97 Å². The van der Waals surface area contributed by atoms with Crippen molar-refractivity contribution in [3.63, 3.8) is 0 Å². The number of carbonyl (C=O) groups excluding carboxylic acids is 1. The van der Waals surface area contributed by atoms with E-state index in [1.54, 1.807) is 31.2 Å². The third kappa shape index (κ3) is 8.01. The lowest BCUT2D eigenvalue weighted by molar-refractivity contribution is -0.139. The average molecular weight is 402 g/mol. The Morgan fingerprint density at radius 1 is 0.857 bits per heavy atom. The van der Waals surface area contributed by atoms with Crippen LogP contribution in [0.4, 0.5) is 0 Å². The van der Waals surface area contributed by atoms with Crippen molar-refractivity contribution in [1.82, 2.24) is 0 Å². The third-order valence-electron chi connectivity index (χ3n) is 3.88. The summed E-state index contributed by atoms with van der Waals surface area (Å²) in [7, 11) is -3.34. The minimum atomic E-state index is -3.34. The molecule has 150 valence electrons. The maximum Gasteiger partial charge on any atom is 0.430 e. The Balaban J connectivity index is 1.83. The predicted molar refractivity (Wildman–Crippen MR) is 111 cm³/mol. The van der Waals surface area contributed by atoms with Crippen LogP contribution in [0.1, 0.15) is 32.6 Å². The fourth-order valence-corrected chi connectivity index (χ4v) is 4.16. The lowest BCUT2D eigenvalue weighted by Crippen LogP contribution is -2.07. The van der Waals surface area contributed by atoms with Crippen LogP contribution < -0.4 is 9.05 Å². The molecule has 0 aliphatic heterocycles. The molecule has 2 aromatic rings. The van der Waals surface area contributed by atoms with Crippen molar-refractivity contribution in [2.24, 2.45) is 0 Å². The molecule has 5 nitrogen and oxygen atoms in total. The number of rotatable bonds is 12. The molecule has 0 fully saturated rings. The first-order valence-electron chi connectivity index (χ1n) is 9.39. The van der Waals surface area contributed by atoms with Crippen molar-refractivity contribution >= 4 is 13.6 Å². The van der Waals surface area contributed by atoms with Gasteiger partial charge < -0.3 is 13.8 Å². The molecule has 0 spiro atoms. The van der Waals surface area contributed by atoms with Crippen LogP contribution in [0.5, 0.6) is 11.5 Å². The molecule has 28 heavy (non-hydrogen) atoms. The smallest absolute Gasteiger partial charge is 0.430 e. The standard InChI is InChI=1S/C22H27O5P/c1-19(2)22(23)25-17-11-3-4-12-18-28(24,26-20-13-7-5-8-14-20)27-21-15-9-6-10-16-21/h5-10,13-16H,1,3-4,11-12,17-18H2,2H3. The molecule has 0 aliphatic rings. The molecule has 0 atom stereocenters. The molecule has 2 rings (SSSR count). The summed E-state index contributed by atoms with van der Waals surface area (Å²) in [5.74, 6) is 0.680. The topological polar surface area (TPSA) is 61.8 Å². The Labute approximate surface area is 166 Å². The van der Waals surface area contributed by atoms with Crippen molar-refractivity contribution < 1.29 is 23.1 Å². The van der Waals surface area contributed by atoms with Gasteiger partial charge in [-0.25, -0.2) is 9.36 Å². The molecule has 0 heterocycles. The van der Waals surface area contributed by atoms with Gasteiger partial charge >= 0.3 is 13.6 Å². The summed E-state index contributed by atoms with van der Waals surface area (Å²) in [5.41, 5.74) is 0.400. The maximum absolute atomic E-state index is 13.3. The first kappa shape index (κ1) is 21.8. The van der Waals surface area contributed by atoms with E-state index in [2.05, 4.69) is 6.58 Å². The molecule has 2 aromatic carbocycles. The van der Waals surface area contributed by atoms with Crippen molar-refractivity contribution in [1.29, 1.82) is 0 Å². The van der Waals surface area contributed by atoms with E-state index in [1.807, 2.05) is 36.4 Å². The van der Waals surface area contributed by atoms with Crippen molar-refractivity contribution in [3.05, 3.63) is 72.8 Å². The zero-order valence-corrected chi connectivity index (χ0v) is 17.1. The number of hydrogen-bond donors (Lipinski definition) is 0. The van der Waals surface area contributed by atoms with Crippen molar-refractivity contribution in [2.75, 3.05) is 12.8 Å². The largest absolute Gasteiger partial charge is 0.462 e. The SMILES string of the molecule is C=C(C)C(=O)OCCCCCCP(=O)(Oc1ccccc1)Oc1ccccc1. The van der Waals surface area contributed by atoms with E-state index < -0.39 is 7.60 Å². The van der Waals surface area contributed by atoms with Gasteiger partial charge in [0, 0.05) is 5.57 Å². The molecule has 0 bridgehead atoms. The Hall–Kier alpha value is -2.52. The number of ether oxygens (including phenoxy) is 1.